The molecule has 1 aromatic heterocycles. The summed E-state index contributed by atoms with van der Waals surface area (Å²) in [5.74, 6) is -1.98. The Morgan fingerprint density at radius 3 is 2.47 bits per heavy atom. The van der Waals surface area contributed by atoms with Crippen LogP contribution in [0.4, 0.5) is 5.00 Å². The lowest BCUT2D eigenvalue weighted by Gasteiger charge is -2.21. The fourth-order valence-electron chi connectivity index (χ4n) is 4.56. The molecule has 1 aliphatic heterocycles. The lowest BCUT2D eigenvalue weighted by molar-refractivity contribution is -0.119. The number of benzene rings is 1. The quantitative estimate of drug-likeness (QED) is 0.494. The van der Waals surface area contributed by atoms with Gasteiger partial charge in [0, 0.05) is 18.0 Å². The highest BCUT2D eigenvalue weighted by atomic mass is 32.2. The van der Waals surface area contributed by atoms with Crippen molar-refractivity contribution < 1.29 is 32.3 Å². The van der Waals surface area contributed by atoms with Gasteiger partial charge in [-0.15, -0.1) is 11.3 Å². The van der Waals surface area contributed by atoms with Crippen molar-refractivity contribution in [1.29, 1.82) is 0 Å². The van der Waals surface area contributed by atoms with Gasteiger partial charge in [-0.25, -0.2) is 13.2 Å². The number of methoxy groups -OCH3 is 1. The molecule has 0 saturated carbocycles. The Kier molecular flexibility index (Phi) is 7.96. The van der Waals surface area contributed by atoms with Gasteiger partial charge in [0.2, 0.25) is 10.0 Å². The number of carbonyl (C=O) groups is 3. The maximum atomic E-state index is 13.3. The smallest absolute Gasteiger partial charge is 0.338 e. The van der Waals surface area contributed by atoms with Gasteiger partial charge in [0.15, 0.2) is 6.61 Å². The standard InChI is InChI=1S/C24H29N3O7S2/c1-33-17-10-9-15(13-19(17)36(31,32)27-11-4-2-3-5-12-27)24(30)34-14-20(28)26-23-21(22(25)29)16-7-6-8-18(16)35-23/h9-10,13H,2-8,11-12,14H2,1H3,(H2,25,29)(H,26,28). The number of nitrogens with two attached hydrogens (primary N) is 1. The van der Waals surface area contributed by atoms with E-state index in [1.165, 1.54) is 41.0 Å². The van der Waals surface area contributed by atoms with Gasteiger partial charge in [-0.3, -0.25) is 9.59 Å². The summed E-state index contributed by atoms with van der Waals surface area (Å²) in [4.78, 5) is 37.9. The highest BCUT2D eigenvalue weighted by Gasteiger charge is 2.30. The molecule has 0 atom stereocenters. The minimum Gasteiger partial charge on any atom is -0.495 e. The van der Waals surface area contributed by atoms with E-state index in [9.17, 15) is 22.8 Å². The highest BCUT2D eigenvalue weighted by Crippen LogP contribution is 2.38. The first-order chi connectivity index (χ1) is 17.2. The first-order valence-corrected chi connectivity index (χ1v) is 14.1. The van der Waals surface area contributed by atoms with Gasteiger partial charge < -0.3 is 20.5 Å². The van der Waals surface area contributed by atoms with Crippen molar-refractivity contribution in [1.82, 2.24) is 4.31 Å². The van der Waals surface area contributed by atoms with Crippen LogP contribution in [0.25, 0.3) is 0 Å². The van der Waals surface area contributed by atoms with Crippen LogP contribution in [-0.2, 0) is 32.4 Å². The van der Waals surface area contributed by atoms with Crippen molar-refractivity contribution in [2.75, 3.05) is 32.1 Å². The SMILES string of the molecule is COc1ccc(C(=O)OCC(=O)Nc2sc3c(c2C(N)=O)CCC3)cc1S(=O)(=O)N1CCCCCC1. The van der Waals surface area contributed by atoms with Crippen LogP contribution in [0.1, 0.15) is 63.3 Å². The molecule has 194 valence electrons. The molecule has 36 heavy (non-hydrogen) atoms. The molecule has 2 heterocycles. The van der Waals surface area contributed by atoms with Crippen LogP contribution in [-0.4, -0.2) is 57.3 Å². The fourth-order valence-corrected chi connectivity index (χ4v) is 7.57. The summed E-state index contributed by atoms with van der Waals surface area (Å²) < 4.78 is 38.4. The molecule has 1 fully saturated rings. The number of nitrogens with zero attached hydrogens (tertiary/aromatic N) is 1. The van der Waals surface area contributed by atoms with Crippen molar-refractivity contribution in [3.63, 3.8) is 0 Å². The van der Waals surface area contributed by atoms with E-state index in [1.54, 1.807) is 0 Å². The Balaban J connectivity index is 1.46. The molecule has 1 saturated heterocycles. The molecule has 0 radical (unpaired) electrons. The summed E-state index contributed by atoms with van der Waals surface area (Å²) in [7, 11) is -2.53. The number of nitrogens with one attached hydrogen (secondary N) is 1. The van der Waals surface area contributed by atoms with Crippen LogP contribution in [0, 0.1) is 0 Å². The van der Waals surface area contributed by atoms with Crippen LogP contribution in [0.15, 0.2) is 23.1 Å². The number of amides is 2. The van der Waals surface area contributed by atoms with Gasteiger partial charge in [0.25, 0.3) is 11.8 Å². The summed E-state index contributed by atoms with van der Waals surface area (Å²) in [6, 6.07) is 4.00. The maximum Gasteiger partial charge on any atom is 0.338 e. The van der Waals surface area contributed by atoms with E-state index in [0.717, 1.165) is 55.4 Å². The minimum absolute atomic E-state index is 0.0232. The van der Waals surface area contributed by atoms with Gasteiger partial charge in [-0.2, -0.15) is 4.31 Å². The van der Waals surface area contributed by atoms with Crippen molar-refractivity contribution in [2.24, 2.45) is 5.73 Å². The van der Waals surface area contributed by atoms with Crippen molar-refractivity contribution in [2.45, 2.75) is 49.8 Å². The lowest BCUT2D eigenvalue weighted by Crippen LogP contribution is -2.32. The number of rotatable bonds is 8. The van der Waals surface area contributed by atoms with Gasteiger partial charge in [0.05, 0.1) is 18.2 Å². The van der Waals surface area contributed by atoms with Gasteiger partial charge in [-0.1, -0.05) is 12.8 Å². The Bertz CT molecular complexity index is 1280. The summed E-state index contributed by atoms with van der Waals surface area (Å²) in [5.41, 5.74) is 6.67. The number of hydrogen-bond donors (Lipinski definition) is 2. The number of hydrogen-bond acceptors (Lipinski definition) is 8. The number of anilines is 1. The van der Waals surface area contributed by atoms with Crippen LogP contribution in [0.3, 0.4) is 0 Å². The average molecular weight is 536 g/mol. The largest absolute Gasteiger partial charge is 0.495 e. The Hall–Kier alpha value is -2.96. The molecule has 0 spiro atoms. The van der Waals surface area contributed by atoms with E-state index in [1.807, 2.05) is 0 Å². The predicted molar refractivity (Wildman–Crippen MR) is 134 cm³/mol. The second kappa shape index (κ2) is 11.0. The zero-order chi connectivity index (χ0) is 25.9. The number of thiophene rings is 1. The third-order valence-electron chi connectivity index (χ3n) is 6.34. The van der Waals surface area contributed by atoms with E-state index < -0.39 is 34.4 Å². The number of fused-ring (bicyclic) bond motifs is 1. The molecule has 2 amide bonds. The lowest BCUT2D eigenvalue weighted by atomic mass is 10.1. The summed E-state index contributed by atoms with van der Waals surface area (Å²) >= 11 is 1.30. The molecule has 3 N–H and O–H groups in total. The van der Waals surface area contributed by atoms with Crippen molar-refractivity contribution in [3.05, 3.63) is 39.8 Å². The third-order valence-corrected chi connectivity index (χ3v) is 9.46. The number of primary amides is 1. The Morgan fingerprint density at radius 2 is 1.81 bits per heavy atom. The third kappa shape index (κ3) is 5.40. The minimum atomic E-state index is -3.89. The molecular formula is C24H29N3O7S2. The van der Waals surface area contributed by atoms with Crippen molar-refractivity contribution in [3.8, 4) is 5.75 Å². The van der Waals surface area contributed by atoms with E-state index in [2.05, 4.69) is 5.32 Å². The zero-order valence-corrected chi connectivity index (χ0v) is 21.6. The van der Waals surface area contributed by atoms with Gasteiger partial charge >= 0.3 is 5.97 Å². The first kappa shape index (κ1) is 26.1. The molecule has 10 nitrogen and oxygen atoms in total. The molecule has 0 bridgehead atoms. The van der Waals surface area contributed by atoms with E-state index in [4.69, 9.17) is 15.2 Å². The van der Waals surface area contributed by atoms with Gasteiger partial charge in [-0.05, 0) is 55.9 Å². The maximum absolute atomic E-state index is 13.3. The van der Waals surface area contributed by atoms with Crippen LogP contribution in [0.5, 0.6) is 5.75 Å². The van der Waals surface area contributed by atoms with Crippen LogP contribution >= 0.6 is 11.3 Å². The summed E-state index contributed by atoms with van der Waals surface area (Å²) in [6.07, 6.45) is 5.95. The number of carbonyl (C=O) groups excluding carboxylic acids is 3. The average Bonchev–Trinajstić information content (AvgIpc) is 3.30. The van der Waals surface area contributed by atoms with E-state index in [0.29, 0.717) is 23.7 Å². The summed E-state index contributed by atoms with van der Waals surface area (Å²) in [6.45, 7) is 0.194. The van der Waals surface area contributed by atoms with Crippen LogP contribution < -0.4 is 15.8 Å². The predicted octanol–water partition coefficient (Wildman–Crippen LogP) is 2.70. The van der Waals surface area contributed by atoms with Crippen molar-refractivity contribution >= 4 is 44.1 Å². The molecule has 1 aromatic carbocycles. The number of esters is 1. The molecule has 4 rings (SSSR count). The van der Waals surface area contributed by atoms with E-state index >= 15 is 0 Å². The number of aryl methyl sites for hydroxylation is 1. The molecule has 12 heteroatoms. The van der Waals surface area contributed by atoms with E-state index in [-0.39, 0.29) is 16.2 Å². The first-order valence-electron chi connectivity index (χ1n) is 11.8. The molecular weight excluding hydrogens is 506 g/mol. The molecule has 0 unspecified atom stereocenters. The number of ether oxygens (including phenoxy) is 2. The highest BCUT2D eigenvalue weighted by molar-refractivity contribution is 7.89. The fraction of sp³-hybridized carbons (Fsp3) is 0.458. The second-order valence-electron chi connectivity index (χ2n) is 8.73. The topological polar surface area (TPSA) is 145 Å². The van der Waals surface area contributed by atoms with Gasteiger partial charge in [0.1, 0.15) is 15.6 Å². The Labute approximate surface area is 213 Å². The molecule has 2 aliphatic rings. The summed E-state index contributed by atoms with van der Waals surface area (Å²) in [5, 5.41) is 2.96. The zero-order valence-electron chi connectivity index (χ0n) is 20.0. The Morgan fingerprint density at radius 1 is 1.08 bits per heavy atom. The second-order valence-corrected chi connectivity index (χ2v) is 11.7. The normalized spacial score (nSPS) is 16.1. The monoisotopic (exact) mass is 535 g/mol. The molecule has 1 aliphatic carbocycles. The van der Waals surface area contributed by atoms with Crippen LogP contribution in [0.2, 0.25) is 0 Å². The molecule has 2 aromatic rings. The number of sulfonamides is 1.